The van der Waals surface area contributed by atoms with E-state index in [0.717, 1.165) is 5.56 Å². The van der Waals surface area contributed by atoms with Crippen LogP contribution in [0.2, 0.25) is 0 Å². The smallest absolute Gasteiger partial charge is 0.268 e. The average molecular weight is 325 g/mol. The van der Waals surface area contributed by atoms with Gasteiger partial charge in [-0.2, -0.15) is 0 Å². The lowest BCUT2D eigenvalue weighted by molar-refractivity contribution is -0.128. The minimum absolute atomic E-state index is 0.0173. The van der Waals surface area contributed by atoms with Crippen molar-refractivity contribution in [3.05, 3.63) is 54.4 Å². The van der Waals surface area contributed by atoms with Crippen molar-refractivity contribution in [1.29, 1.82) is 0 Å². The highest BCUT2D eigenvalue weighted by atomic mass is 16.5. The molecule has 24 heavy (non-hydrogen) atoms. The van der Waals surface area contributed by atoms with Crippen molar-refractivity contribution in [2.75, 3.05) is 18.0 Å². The summed E-state index contributed by atoms with van der Waals surface area (Å²) >= 11 is 0. The van der Waals surface area contributed by atoms with Crippen LogP contribution in [-0.2, 0) is 16.0 Å². The first-order valence-electron chi connectivity index (χ1n) is 7.88. The summed E-state index contributed by atoms with van der Waals surface area (Å²) in [6, 6.07) is 11.1. The normalized spacial score (nSPS) is 16.3. The van der Waals surface area contributed by atoms with Crippen molar-refractivity contribution in [2.45, 2.75) is 19.4 Å². The monoisotopic (exact) mass is 325 g/mol. The van der Waals surface area contributed by atoms with E-state index in [2.05, 4.69) is 10.3 Å². The van der Waals surface area contributed by atoms with E-state index in [1.54, 1.807) is 31.5 Å². The molecule has 1 aromatic heterocycles. The summed E-state index contributed by atoms with van der Waals surface area (Å²) in [6.07, 6.45) is 3.59. The second-order valence-corrected chi connectivity index (χ2v) is 5.61. The lowest BCUT2D eigenvalue weighted by Crippen LogP contribution is -2.49. The molecule has 0 saturated heterocycles. The fourth-order valence-electron chi connectivity index (χ4n) is 2.61. The average Bonchev–Trinajstić information content (AvgIpc) is 2.60. The number of fused-ring (bicyclic) bond motifs is 1. The van der Waals surface area contributed by atoms with Crippen LogP contribution in [0.1, 0.15) is 12.5 Å². The maximum atomic E-state index is 12.3. The molecule has 2 aromatic rings. The molecule has 0 radical (unpaired) electrons. The quantitative estimate of drug-likeness (QED) is 0.905. The van der Waals surface area contributed by atoms with Gasteiger partial charge in [-0.1, -0.05) is 18.2 Å². The molecule has 0 saturated carbocycles. The highest BCUT2D eigenvalue weighted by Gasteiger charge is 2.32. The van der Waals surface area contributed by atoms with Gasteiger partial charge in [0.2, 0.25) is 5.91 Å². The molecule has 0 spiro atoms. The predicted octanol–water partition coefficient (Wildman–Crippen LogP) is 1.55. The third-order valence-electron chi connectivity index (χ3n) is 3.83. The van der Waals surface area contributed by atoms with Crippen molar-refractivity contribution in [2.24, 2.45) is 0 Å². The number of carbonyl (C=O) groups excluding carboxylic acids is 2. The van der Waals surface area contributed by atoms with Gasteiger partial charge in [0.05, 0.1) is 5.69 Å². The minimum Gasteiger partial charge on any atom is -0.479 e. The summed E-state index contributed by atoms with van der Waals surface area (Å²) in [5, 5.41) is 2.84. The maximum Gasteiger partial charge on any atom is 0.268 e. The van der Waals surface area contributed by atoms with Gasteiger partial charge in [-0.3, -0.25) is 19.5 Å². The third-order valence-corrected chi connectivity index (χ3v) is 3.83. The molecular weight excluding hydrogens is 306 g/mol. The van der Waals surface area contributed by atoms with E-state index in [9.17, 15) is 9.59 Å². The largest absolute Gasteiger partial charge is 0.479 e. The summed E-state index contributed by atoms with van der Waals surface area (Å²) in [6.45, 7) is 2.17. The number of ether oxygens (including phenoxy) is 1. The van der Waals surface area contributed by atoms with Crippen molar-refractivity contribution in [1.82, 2.24) is 10.3 Å². The predicted molar refractivity (Wildman–Crippen MR) is 89.8 cm³/mol. The van der Waals surface area contributed by atoms with E-state index < -0.39 is 6.10 Å². The Morgan fingerprint density at radius 1 is 1.29 bits per heavy atom. The fourth-order valence-corrected chi connectivity index (χ4v) is 2.61. The topological polar surface area (TPSA) is 71.5 Å². The van der Waals surface area contributed by atoms with Gasteiger partial charge >= 0.3 is 0 Å². The van der Waals surface area contributed by atoms with E-state index in [0.29, 0.717) is 24.4 Å². The lowest BCUT2D eigenvalue weighted by atomic mass is 10.2. The second kappa shape index (κ2) is 7.12. The van der Waals surface area contributed by atoms with Gasteiger partial charge < -0.3 is 10.1 Å². The number of benzene rings is 1. The van der Waals surface area contributed by atoms with Crippen LogP contribution in [-0.4, -0.2) is 36.0 Å². The van der Waals surface area contributed by atoms with Gasteiger partial charge in [0.1, 0.15) is 12.3 Å². The zero-order chi connectivity index (χ0) is 16.9. The van der Waals surface area contributed by atoms with Crippen molar-refractivity contribution < 1.29 is 14.3 Å². The van der Waals surface area contributed by atoms with Crippen LogP contribution in [0.15, 0.2) is 48.8 Å². The second-order valence-electron chi connectivity index (χ2n) is 5.61. The molecule has 0 bridgehead atoms. The Kier molecular flexibility index (Phi) is 4.74. The molecule has 2 amide bonds. The number of hydrogen-bond donors (Lipinski definition) is 1. The number of pyridine rings is 1. The van der Waals surface area contributed by atoms with Gasteiger partial charge in [0, 0.05) is 18.9 Å². The van der Waals surface area contributed by atoms with Gasteiger partial charge in [-0.25, -0.2) is 0 Å². The summed E-state index contributed by atoms with van der Waals surface area (Å²) in [5.41, 5.74) is 1.68. The number of amides is 2. The Morgan fingerprint density at radius 3 is 2.92 bits per heavy atom. The Morgan fingerprint density at radius 2 is 2.12 bits per heavy atom. The number of hydrogen-bond acceptors (Lipinski definition) is 4. The van der Waals surface area contributed by atoms with E-state index >= 15 is 0 Å². The number of nitrogens with zero attached hydrogens (tertiary/aromatic N) is 2. The van der Waals surface area contributed by atoms with Crippen molar-refractivity contribution in [3.63, 3.8) is 0 Å². The molecule has 1 aliphatic heterocycles. The molecule has 6 nitrogen and oxygen atoms in total. The summed E-state index contributed by atoms with van der Waals surface area (Å²) in [7, 11) is 0. The number of para-hydroxylation sites is 2. The van der Waals surface area contributed by atoms with Crippen LogP contribution < -0.4 is 15.0 Å². The number of nitrogens with one attached hydrogen (secondary N) is 1. The van der Waals surface area contributed by atoms with Gasteiger partial charge in [-0.05, 0) is 37.1 Å². The summed E-state index contributed by atoms with van der Waals surface area (Å²) in [4.78, 5) is 30.0. The molecule has 124 valence electrons. The summed E-state index contributed by atoms with van der Waals surface area (Å²) in [5.74, 6) is 0.208. The van der Waals surface area contributed by atoms with Gasteiger partial charge in [0.25, 0.3) is 5.91 Å². The van der Waals surface area contributed by atoms with E-state index in [4.69, 9.17) is 4.74 Å². The highest BCUT2D eigenvalue weighted by Crippen LogP contribution is 2.33. The van der Waals surface area contributed by atoms with Crippen molar-refractivity contribution >= 4 is 17.5 Å². The van der Waals surface area contributed by atoms with E-state index in [1.165, 1.54) is 4.90 Å². The van der Waals surface area contributed by atoms with Crippen LogP contribution in [0, 0.1) is 0 Å². The van der Waals surface area contributed by atoms with Gasteiger partial charge in [-0.15, -0.1) is 0 Å². The van der Waals surface area contributed by atoms with Crippen LogP contribution in [0.4, 0.5) is 5.69 Å². The molecule has 1 N–H and O–H groups in total. The molecule has 1 aliphatic rings. The van der Waals surface area contributed by atoms with Crippen LogP contribution in [0.25, 0.3) is 0 Å². The molecule has 3 rings (SSSR count). The van der Waals surface area contributed by atoms with E-state index in [-0.39, 0.29) is 18.4 Å². The van der Waals surface area contributed by atoms with Crippen molar-refractivity contribution in [3.8, 4) is 5.75 Å². The zero-order valence-electron chi connectivity index (χ0n) is 13.4. The number of aromatic nitrogens is 1. The number of anilines is 1. The maximum absolute atomic E-state index is 12.3. The van der Waals surface area contributed by atoms with Gasteiger partial charge in [0.15, 0.2) is 6.10 Å². The van der Waals surface area contributed by atoms with Crippen LogP contribution >= 0.6 is 0 Å². The molecule has 2 heterocycles. The Labute approximate surface area is 140 Å². The molecule has 1 aromatic carbocycles. The first kappa shape index (κ1) is 16.0. The lowest BCUT2D eigenvalue weighted by Gasteiger charge is -2.32. The van der Waals surface area contributed by atoms with Crippen LogP contribution in [0.3, 0.4) is 0 Å². The molecular formula is C18H19N3O3. The Balaban J connectivity index is 1.60. The van der Waals surface area contributed by atoms with Crippen LogP contribution in [0.5, 0.6) is 5.75 Å². The number of rotatable bonds is 5. The Hall–Kier alpha value is -2.89. The molecule has 1 atom stereocenters. The molecule has 6 heteroatoms. The highest BCUT2D eigenvalue weighted by molar-refractivity contribution is 6.03. The number of carbonyl (C=O) groups is 2. The molecule has 0 fully saturated rings. The third kappa shape index (κ3) is 3.53. The minimum atomic E-state index is -0.594. The first-order chi connectivity index (χ1) is 11.6. The molecule has 0 aliphatic carbocycles. The SMILES string of the molecule is C[C@@H]1Oc2ccccc2N(CC(=O)NCCc2cccnc2)C1=O. The Bertz CT molecular complexity index is 733. The standard InChI is InChI=1S/C18H19N3O3/c1-13-18(23)21(15-6-2-3-7-16(15)24-13)12-17(22)20-10-8-14-5-4-9-19-11-14/h2-7,9,11,13H,8,10,12H2,1H3,(H,20,22)/t13-/m0/s1. The fraction of sp³-hybridized carbons (Fsp3) is 0.278. The zero-order valence-corrected chi connectivity index (χ0v) is 13.4. The summed E-state index contributed by atoms with van der Waals surface area (Å²) < 4.78 is 5.56. The first-order valence-corrected chi connectivity index (χ1v) is 7.88. The molecule has 0 unspecified atom stereocenters. The van der Waals surface area contributed by atoms with E-state index in [1.807, 2.05) is 24.3 Å².